The predicted molar refractivity (Wildman–Crippen MR) is 81.4 cm³/mol. The average Bonchev–Trinajstić information content (AvgIpc) is 2.43. The van der Waals surface area contributed by atoms with Gasteiger partial charge in [0.2, 0.25) is 0 Å². The van der Waals surface area contributed by atoms with Crippen molar-refractivity contribution in [3.8, 4) is 0 Å². The molecule has 0 heterocycles. The fourth-order valence-corrected chi connectivity index (χ4v) is 2.46. The van der Waals surface area contributed by atoms with Crippen LogP contribution in [-0.2, 0) is 6.42 Å². The van der Waals surface area contributed by atoms with Crippen molar-refractivity contribution in [1.82, 2.24) is 5.43 Å². The Labute approximate surface area is 127 Å². The minimum Gasteiger partial charge on any atom is -0.271 e. The number of nitrogens with two attached hydrogens (primary N) is 1. The van der Waals surface area contributed by atoms with Gasteiger partial charge in [-0.15, -0.1) is 0 Å². The Morgan fingerprint density at radius 3 is 2.60 bits per heavy atom. The molecule has 0 spiro atoms. The molecule has 2 aromatic carbocycles. The van der Waals surface area contributed by atoms with E-state index >= 15 is 0 Å². The molecule has 1 atom stereocenters. The summed E-state index contributed by atoms with van der Waals surface area (Å²) in [5.41, 5.74) is 5.53. The minimum absolute atomic E-state index is 0.116. The molecule has 0 fully saturated rings. The molecule has 0 radical (unpaired) electrons. The molecule has 0 aliphatic carbocycles. The molecule has 0 aromatic heterocycles. The standard InChI is InChI=1S/C15H15Cl2FN2/c1-9-11(3-2-4-12(9)16)15(20-19)8-10-5-6-13(17)14(18)7-10/h2-7,15,20H,8,19H2,1H3. The van der Waals surface area contributed by atoms with E-state index in [1.807, 2.05) is 25.1 Å². The van der Waals surface area contributed by atoms with Gasteiger partial charge in [-0.2, -0.15) is 0 Å². The van der Waals surface area contributed by atoms with Crippen LogP contribution in [0.25, 0.3) is 0 Å². The highest BCUT2D eigenvalue weighted by molar-refractivity contribution is 6.31. The summed E-state index contributed by atoms with van der Waals surface area (Å²) in [7, 11) is 0. The van der Waals surface area contributed by atoms with Crippen LogP contribution in [0, 0.1) is 12.7 Å². The number of halogens is 3. The molecular weight excluding hydrogens is 298 g/mol. The van der Waals surface area contributed by atoms with Crippen LogP contribution in [0.5, 0.6) is 0 Å². The van der Waals surface area contributed by atoms with Crippen LogP contribution < -0.4 is 11.3 Å². The van der Waals surface area contributed by atoms with Crippen LogP contribution in [0.1, 0.15) is 22.7 Å². The Morgan fingerprint density at radius 1 is 1.20 bits per heavy atom. The Morgan fingerprint density at radius 2 is 1.95 bits per heavy atom. The second-order valence-corrected chi connectivity index (χ2v) is 5.44. The highest BCUT2D eigenvalue weighted by Gasteiger charge is 2.15. The van der Waals surface area contributed by atoms with Crippen LogP contribution in [-0.4, -0.2) is 0 Å². The van der Waals surface area contributed by atoms with Gasteiger partial charge in [0.25, 0.3) is 0 Å². The lowest BCUT2D eigenvalue weighted by Crippen LogP contribution is -2.30. The average molecular weight is 313 g/mol. The molecule has 2 rings (SSSR count). The number of hydrazine groups is 1. The maximum Gasteiger partial charge on any atom is 0.142 e. The van der Waals surface area contributed by atoms with Gasteiger partial charge in [0.05, 0.1) is 11.1 Å². The molecule has 0 aliphatic heterocycles. The van der Waals surface area contributed by atoms with E-state index in [1.54, 1.807) is 12.1 Å². The fourth-order valence-electron chi connectivity index (χ4n) is 2.16. The van der Waals surface area contributed by atoms with Crippen LogP contribution in [0.2, 0.25) is 10.0 Å². The third kappa shape index (κ3) is 3.30. The summed E-state index contributed by atoms with van der Waals surface area (Å²) in [6, 6.07) is 10.3. The van der Waals surface area contributed by atoms with Gasteiger partial charge in [-0.1, -0.05) is 41.4 Å². The van der Waals surface area contributed by atoms with Crippen molar-refractivity contribution in [2.24, 2.45) is 5.84 Å². The fraction of sp³-hybridized carbons (Fsp3) is 0.200. The van der Waals surface area contributed by atoms with Gasteiger partial charge < -0.3 is 0 Å². The van der Waals surface area contributed by atoms with E-state index in [9.17, 15) is 4.39 Å². The van der Waals surface area contributed by atoms with Gasteiger partial charge in [-0.25, -0.2) is 4.39 Å². The van der Waals surface area contributed by atoms with Gasteiger partial charge in [-0.3, -0.25) is 11.3 Å². The molecule has 5 heteroatoms. The molecule has 2 nitrogen and oxygen atoms in total. The molecule has 20 heavy (non-hydrogen) atoms. The Balaban J connectivity index is 2.28. The van der Waals surface area contributed by atoms with Crippen molar-refractivity contribution in [1.29, 1.82) is 0 Å². The number of hydrogen-bond donors (Lipinski definition) is 2. The topological polar surface area (TPSA) is 38.0 Å². The van der Waals surface area contributed by atoms with Gasteiger partial charge >= 0.3 is 0 Å². The SMILES string of the molecule is Cc1c(Cl)cccc1C(Cc1ccc(Cl)c(F)c1)NN. The summed E-state index contributed by atoms with van der Waals surface area (Å²) in [4.78, 5) is 0. The predicted octanol–water partition coefficient (Wildman–Crippen LogP) is 4.19. The van der Waals surface area contributed by atoms with Gasteiger partial charge in [-0.05, 0) is 48.2 Å². The Kier molecular flexibility index (Phi) is 5.00. The zero-order valence-corrected chi connectivity index (χ0v) is 12.5. The molecule has 106 valence electrons. The van der Waals surface area contributed by atoms with E-state index < -0.39 is 5.82 Å². The normalized spacial score (nSPS) is 12.4. The zero-order chi connectivity index (χ0) is 14.7. The lowest BCUT2D eigenvalue weighted by atomic mass is 9.96. The lowest BCUT2D eigenvalue weighted by molar-refractivity contribution is 0.546. The van der Waals surface area contributed by atoms with Crippen LogP contribution in [0.3, 0.4) is 0 Å². The molecule has 0 saturated heterocycles. The molecule has 2 aromatic rings. The minimum atomic E-state index is -0.428. The molecule has 0 aliphatic rings. The summed E-state index contributed by atoms with van der Waals surface area (Å²) in [5.74, 6) is 5.20. The van der Waals surface area contributed by atoms with Gasteiger partial charge in [0, 0.05) is 5.02 Å². The Bertz CT molecular complexity index is 617. The molecule has 3 N–H and O–H groups in total. The van der Waals surface area contributed by atoms with Crippen molar-refractivity contribution in [2.75, 3.05) is 0 Å². The Hall–Kier alpha value is -1.13. The van der Waals surface area contributed by atoms with Crippen LogP contribution >= 0.6 is 23.2 Å². The van der Waals surface area contributed by atoms with E-state index in [4.69, 9.17) is 29.0 Å². The van der Waals surface area contributed by atoms with Crippen molar-refractivity contribution < 1.29 is 4.39 Å². The second-order valence-electron chi connectivity index (χ2n) is 4.63. The first-order valence-corrected chi connectivity index (χ1v) is 6.93. The zero-order valence-electron chi connectivity index (χ0n) is 11.0. The summed E-state index contributed by atoms with van der Waals surface area (Å²) < 4.78 is 13.5. The molecule has 1 unspecified atom stereocenters. The molecule has 0 bridgehead atoms. The van der Waals surface area contributed by atoms with E-state index in [0.29, 0.717) is 11.4 Å². The first-order chi connectivity index (χ1) is 9.52. The van der Waals surface area contributed by atoms with Gasteiger partial charge in [0.1, 0.15) is 5.82 Å². The van der Waals surface area contributed by atoms with Crippen LogP contribution in [0.15, 0.2) is 36.4 Å². The van der Waals surface area contributed by atoms with Crippen molar-refractivity contribution in [2.45, 2.75) is 19.4 Å². The largest absolute Gasteiger partial charge is 0.271 e. The van der Waals surface area contributed by atoms with Crippen molar-refractivity contribution in [3.05, 3.63) is 69.0 Å². The van der Waals surface area contributed by atoms with E-state index in [1.165, 1.54) is 6.07 Å². The summed E-state index contributed by atoms with van der Waals surface area (Å²) >= 11 is 11.8. The smallest absolute Gasteiger partial charge is 0.142 e. The highest BCUT2D eigenvalue weighted by Crippen LogP contribution is 2.27. The number of nitrogens with one attached hydrogen (secondary N) is 1. The third-order valence-corrected chi connectivity index (χ3v) is 4.03. The molecule has 0 amide bonds. The van der Waals surface area contributed by atoms with E-state index in [0.717, 1.165) is 16.7 Å². The van der Waals surface area contributed by atoms with E-state index in [2.05, 4.69) is 5.43 Å². The first kappa shape index (κ1) is 15.3. The summed E-state index contributed by atoms with van der Waals surface area (Å²) in [6.07, 6.45) is 0.547. The third-order valence-electron chi connectivity index (χ3n) is 3.31. The van der Waals surface area contributed by atoms with Crippen molar-refractivity contribution in [3.63, 3.8) is 0 Å². The highest BCUT2D eigenvalue weighted by atomic mass is 35.5. The first-order valence-electron chi connectivity index (χ1n) is 6.18. The molecule has 0 saturated carbocycles. The maximum atomic E-state index is 13.5. The maximum absolute atomic E-state index is 13.5. The summed E-state index contributed by atoms with van der Waals surface area (Å²) in [5, 5.41) is 0.801. The van der Waals surface area contributed by atoms with E-state index in [-0.39, 0.29) is 11.1 Å². The van der Waals surface area contributed by atoms with Crippen molar-refractivity contribution >= 4 is 23.2 Å². The molecular formula is C15H15Cl2FN2. The summed E-state index contributed by atoms with van der Waals surface area (Å²) in [6.45, 7) is 1.93. The number of rotatable bonds is 4. The second kappa shape index (κ2) is 6.55. The quantitative estimate of drug-likeness (QED) is 0.656. The lowest BCUT2D eigenvalue weighted by Gasteiger charge is -2.19. The monoisotopic (exact) mass is 312 g/mol. The number of hydrogen-bond acceptors (Lipinski definition) is 2. The van der Waals surface area contributed by atoms with Crippen LogP contribution in [0.4, 0.5) is 4.39 Å². The van der Waals surface area contributed by atoms with Gasteiger partial charge in [0.15, 0.2) is 0 Å². The number of benzene rings is 2.